The van der Waals surface area contributed by atoms with Crippen molar-refractivity contribution in [3.8, 4) is 0 Å². The molecule has 0 aliphatic carbocycles. The second kappa shape index (κ2) is 7.20. The molecule has 0 saturated heterocycles. The summed E-state index contributed by atoms with van der Waals surface area (Å²) in [6, 6.07) is 16.3. The highest BCUT2D eigenvalue weighted by Crippen LogP contribution is 2.30. The predicted molar refractivity (Wildman–Crippen MR) is 102 cm³/mol. The Labute approximate surface area is 160 Å². The minimum Gasteiger partial charge on any atom is -0.295 e. The number of rotatable bonds is 4. The Bertz CT molecular complexity index is 985. The van der Waals surface area contributed by atoms with E-state index in [-0.39, 0.29) is 36.6 Å². The standard InChI is InChI=1S/C19H16ClN5O2/c20-14-8-6-13(7-9-14)15-11-17(27)22-19-23-18(24-25(15)19)21-16(26)10-12-4-2-1-3-5-12/h1-9,15H,10-11H2,(H2,21,22,23,24,26,27)/t15-/m1/s1. The summed E-state index contributed by atoms with van der Waals surface area (Å²) in [6.45, 7) is 0. The third-order valence-corrected chi connectivity index (χ3v) is 4.52. The summed E-state index contributed by atoms with van der Waals surface area (Å²) in [6.07, 6.45) is 0.451. The number of halogens is 1. The van der Waals surface area contributed by atoms with Crippen molar-refractivity contribution in [2.45, 2.75) is 18.9 Å². The molecule has 7 nitrogen and oxygen atoms in total. The number of anilines is 2. The average molecular weight is 382 g/mol. The summed E-state index contributed by atoms with van der Waals surface area (Å²) >= 11 is 5.95. The second-order valence-electron chi connectivity index (χ2n) is 6.23. The van der Waals surface area contributed by atoms with Crippen molar-refractivity contribution in [3.05, 3.63) is 70.7 Å². The van der Waals surface area contributed by atoms with Crippen LogP contribution in [0.25, 0.3) is 0 Å². The van der Waals surface area contributed by atoms with E-state index in [9.17, 15) is 9.59 Å². The normalized spacial score (nSPS) is 15.7. The Morgan fingerprint density at radius 3 is 2.67 bits per heavy atom. The van der Waals surface area contributed by atoms with Crippen LogP contribution in [0.2, 0.25) is 5.02 Å². The van der Waals surface area contributed by atoms with Gasteiger partial charge in [-0.15, -0.1) is 5.10 Å². The van der Waals surface area contributed by atoms with E-state index in [4.69, 9.17) is 11.6 Å². The molecule has 2 heterocycles. The third kappa shape index (κ3) is 3.83. The lowest BCUT2D eigenvalue weighted by Crippen LogP contribution is -2.29. The molecule has 1 aliphatic rings. The van der Waals surface area contributed by atoms with Crippen LogP contribution in [-0.2, 0) is 16.0 Å². The molecule has 0 radical (unpaired) electrons. The van der Waals surface area contributed by atoms with Crippen LogP contribution >= 0.6 is 11.6 Å². The van der Waals surface area contributed by atoms with Crippen LogP contribution in [0, 0.1) is 0 Å². The zero-order chi connectivity index (χ0) is 18.8. The van der Waals surface area contributed by atoms with Gasteiger partial charge in [-0.2, -0.15) is 4.98 Å². The Morgan fingerprint density at radius 2 is 1.93 bits per heavy atom. The van der Waals surface area contributed by atoms with E-state index in [0.29, 0.717) is 11.0 Å². The monoisotopic (exact) mass is 381 g/mol. The minimum absolute atomic E-state index is 0.156. The van der Waals surface area contributed by atoms with Gasteiger partial charge in [-0.25, -0.2) is 4.68 Å². The molecule has 3 aromatic rings. The van der Waals surface area contributed by atoms with Crippen LogP contribution in [0.1, 0.15) is 23.6 Å². The molecule has 1 atom stereocenters. The van der Waals surface area contributed by atoms with Crippen LogP contribution in [0.3, 0.4) is 0 Å². The van der Waals surface area contributed by atoms with Crippen molar-refractivity contribution in [2.75, 3.05) is 10.6 Å². The fraction of sp³-hybridized carbons (Fsp3) is 0.158. The minimum atomic E-state index is -0.307. The first-order chi connectivity index (χ1) is 13.1. The lowest BCUT2D eigenvalue weighted by Gasteiger charge is -2.23. The van der Waals surface area contributed by atoms with E-state index < -0.39 is 0 Å². The lowest BCUT2D eigenvalue weighted by molar-refractivity contribution is -0.117. The first-order valence-corrected chi connectivity index (χ1v) is 8.82. The Hall–Kier alpha value is -3.19. The van der Waals surface area contributed by atoms with Crippen LogP contribution in [0.4, 0.5) is 11.9 Å². The van der Waals surface area contributed by atoms with E-state index in [1.165, 1.54) is 0 Å². The van der Waals surface area contributed by atoms with Gasteiger partial charge in [0.25, 0.3) is 5.95 Å². The van der Waals surface area contributed by atoms with Gasteiger partial charge in [-0.3, -0.25) is 20.2 Å². The van der Waals surface area contributed by atoms with Gasteiger partial charge in [0.1, 0.15) is 0 Å². The SMILES string of the molecule is O=C(Cc1ccccc1)Nc1nc2n(n1)[C@@H](c1ccc(Cl)cc1)CC(=O)N2. The fourth-order valence-corrected chi connectivity index (χ4v) is 3.14. The molecule has 0 fully saturated rings. The smallest absolute Gasteiger partial charge is 0.250 e. The molecule has 1 aromatic heterocycles. The Morgan fingerprint density at radius 1 is 1.19 bits per heavy atom. The Balaban J connectivity index is 1.55. The summed E-state index contributed by atoms with van der Waals surface area (Å²) in [5.41, 5.74) is 1.79. The molecular formula is C19H16ClN5O2. The summed E-state index contributed by atoms with van der Waals surface area (Å²) in [7, 11) is 0. The Kier molecular flexibility index (Phi) is 4.60. The topological polar surface area (TPSA) is 88.9 Å². The highest BCUT2D eigenvalue weighted by Gasteiger charge is 2.29. The number of fused-ring (bicyclic) bond motifs is 1. The number of carbonyl (C=O) groups is 2. The average Bonchev–Trinajstić information content (AvgIpc) is 3.04. The molecule has 1 aliphatic heterocycles. The summed E-state index contributed by atoms with van der Waals surface area (Å²) in [5, 5.41) is 10.4. The highest BCUT2D eigenvalue weighted by atomic mass is 35.5. The fourth-order valence-electron chi connectivity index (χ4n) is 3.01. The first kappa shape index (κ1) is 17.2. The van der Waals surface area contributed by atoms with Crippen molar-refractivity contribution in [2.24, 2.45) is 0 Å². The van der Waals surface area contributed by atoms with Gasteiger partial charge >= 0.3 is 0 Å². The van der Waals surface area contributed by atoms with Crippen LogP contribution in [0.15, 0.2) is 54.6 Å². The van der Waals surface area contributed by atoms with Crippen molar-refractivity contribution in [3.63, 3.8) is 0 Å². The lowest BCUT2D eigenvalue weighted by atomic mass is 10.0. The maximum absolute atomic E-state index is 12.2. The molecule has 2 N–H and O–H groups in total. The third-order valence-electron chi connectivity index (χ3n) is 4.27. The quantitative estimate of drug-likeness (QED) is 0.727. The molecule has 0 saturated carbocycles. The first-order valence-electron chi connectivity index (χ1n) is 8.44. The van der Waals surface area contributed by atoms with Crippen molar-refractivity contribution in [1.29, 1.82) is 0 Å². The molecule has 2 amide bonds. The van der Waals surface area contributed by atoms with Gasteiger partial charge in [-0.05, 0) is 23.3 Å². The summed E-state index contributed by atoms with van der Waals surface area (Å²) in [4.78, 5) is 28.5. The number of benzene rings is 2. The molecular weight excluding hydrogens is 366 g/mol. The van der Waals surface area contributed by atoms with Crippen LogP contribution in [0.5, 0.6) is 0 Å². The zero-order valence-corrected chi connectivity index (χ0v) is 15.0. The zero-order valence-electron chi connectivity index (χ0n) is 14.2. The maximum atomic E-state index is 12.2. The molecule has 4 rings (SSSR count). The number of hydrogen-bond donors (Lipinski definition) is 2. The summed E-state index contributed by atoms with van der Waals surface area (Å²) in [5.74, 6) is 0.0869. The van der Waals surface area contributed by atoms with Crippen molar-refractivity contribution in [1.82, 2.24) is 14.8 Å². The van der Waals surface area contributed by atoms with Crippen LogP contribution in [-0.4, -0.2) is 26.6 Å². The molecule has 136 valence electrons. The van der Waals surface area contributed by atoms with E-state index in [1.807, 2.05) is 42.5 Å². The molecule has 0 bridgehead atoms. The van der Waals surface area contributed by atoms with Gasteiger partial charge in [-0.1, -0.05) is 54.1 Å². The number of aromatic nitrogens is 3. The molecule has 27 heavy (non-hydrogen) atoms. The van der Waals surface area contributed by atoms with Gasteiger partial charge in [0, 0.05) is 5.02 Å². The van der Waals surface area contributed by atoms with E-state index in [1.54, 1.807) is 16.8 Å². The van der Waals surface area contributed by atoms with Gasteiger partial charge in [0.2, 0.25) is 17.8 Å². The molecule has 0 unspecified atom stereocenters. The maximum Gasteiger partial charge on any atom is 0.250 e. The van der Waals surface area contributed by atoms with Gasteiger partial charge in [0.15, 0.2) is 0 Å². The van der Waals surface area contributed by atoms with E-state index in [2.05, 4.69) is 20.7 Å². The molecule has 8 heteroatoms. The largest absolute Gasteiger partial charge is 0.295 e. The highest BCUT2D eigenvalue weighted by molar-refractivity contribution is 6.30. The molecule has 0 spiro atoms. The summed E-state index contributed by atoms with van der Waals surface area (Å²) < 4.78 is 1.61. The van der Waals surface area contributed by atoms with Gasteiger partial charge in [0.05, 0.1) is 18.9 Å². The van der Waals surface area contributed by atoms with E-state index in [0.717, 1.165) is 11.1 Å². The van der Waals surface area contributed by atoms with E-state index >= 15 is 0 Å². The van der Waals surface area contributed by atoms with Crippen LogP contribution < -0.4 is 10.6 Å². The van der Waals surface area contributed by atoms with Crippen molar-refractivity contribution < 1.29 is 9.59 Å². The predicted octanol–water partition coefficient (Wildman–Crippen LogP) is 3.04. The number of carbonyl (C=O) groups excluding carboxylic acids is 2. The number of hydrogen-bond acceptors (Lipinski definition) is 4. The second-order valence-corrected chi connectivity index (χ2v) is 6.67. The van der Waals surface area contributed by atoms with Gasteiger partial charge < -0.3 is 0 Å². The van der Waals surface area contributed by atoms with Crippen molar-refractivity contribution >= 4 is 35.3 Å². The molecule has 2 aromatic carbocycles. The number of amides is 2. The number of nitrogens with zero attached hydrogens (tertiary/aromatic N) is 3. The number of nitrogens with one attached hydrogen (secondary N) is 2.